The smallest absolute Gasteiger partial charge is 0.308 e. The number of carboxylic acids is 1. The fourth-order valence-corrected chi connectivity index (χ4v) is 1.49. The lowest BCUT2D eigenvalue weighted by atomic mass is 10.1. The predicted octanol–water partition coefficient (Wildman–Crippen LogP) is 2.45. The van der Waals surface area contributed by atoms with Crippen LogP contribution in [0.1, 0.15) is 46.0 Å². The Balaban J connectivity index is 4.38. The molecule has 0 spiro atoms. The van der Waals surface area contributed by atoms with E-state index in [1.165, 1.54) is 0 Å². The topological polar surface area (TPSA) is 57.6 Å². The van der Waals surface area contributed by atoms with E-state index in [9.17, 15) is 9.59 Å². The maximum absolute atomic E-state index is 12.0. The van der Waals surface area contributed by atoms with Crippen LogP contribution in [0.2, 0.25) is 0 Å². The Kier molecular flexibility index (Phi) is 8.11. The van der Waals surface area contributed by atoms with E-state index in [4.69, 9.17) is 5.11 Å². The molecule has 1 N–H and O–H groups in total. The fourth-order valence-electron chi connectivity index (χ4n) is 1.49. The van der Waals surface area contributed by atoms with E-state index in [-0.39, 0.29) is 17.9 Å². The molecule has 17 heavy (non-hydrogen) atoms. The zero-order valence-electron chi connectivity index (χ0n) is 10.9. The van der Waals surface area contributed by atoms with Crippen LogP contribution in [0.5, 0.6) is 0 Å². The first kappa shape index (κ1) is 15.7. The highest BCUT2D eigenvalue weighted by Crippen LogP contribution is 2.08. The molecule has 0 rings (SSSR count). The van der Waals surface area contributed by atoms with Crippen molar-refractivity contribution in [2.24, 2.45) is 0 Å². The number of carbonyl (C=O) groups excluding carboxylic acids is 1. The van der Waals surface area contributed by atoms with Crippen LogP contribution in [-0.4, -0.2) is 35.0 Å². The second-order valence-electron chi connectivity index (χ2n) is 4.17. The van der Waals surface area contributed by atoms with Crippen molar-refractivity contribution in [3.05, 3.63) is 12.2 Å². The van der Waals surface area contributed by atoms with E-state index >= 15 is 0 Å². The maximum atomic E-state index is 12.0. The van der Waals surface area contributed by atoms with Crippen molar-refractivity contribution in [3.63, 3.8) is 0 Å². The summed E-state index contributed by atoms with van der Waals surface area (Å²) in [5.41, 5.74) is 0.171. The number of carboxylic acid groups (broad SMARTS) is 1. The zero-order valence-corrected chi connectivity index (χ0v) is 10.9. The van der Waals surface area contributed by atoms with Crippen molar-refractivity contribution in [1.82, 2.24) is 4.90 Å². The molecule has 0 fully saturated rings. The first-order valence-electron chi connectivity index (χ1n) is 6.21. The van der Waals surface area contributed by atoms with E-state index in [0.29, 0.717) is 13.1 Å². The molecule has 0 saturated carbocycles. The molecule has 4 nitrogen and oxygen atoms in total. The minimum Gasteiger partial charge on any atom is -0.481 e. The molecule has 0 saturated heterocycles. The van der Waals surface area contributed by atoms with E-state index in [1.807, 2.05) is 0 Å². The molecule has 98 valence electrons. The summed E-state index contributed by atoms with van der Waals surface area (Å²) in [6, 6.07) is 0. The van der Waals surface area contributed by atoms with Gasteiger partial charge in [-0.2, -0.15) is 0 Å². The van der Waals surface area contributed by atoms with Gasteiger partial charge in [-0.1, -0.05) is 33.3 Å². The zero-order chi connectivity index (χ0) is 13.3. The van der Waals surface area contributed by atoms with Crippen LogP contribution in [0.3, 0.4) is 0 Å². The monoisotopic (exact) mass is 241 g/mol. The summed E-state index contributed by atoms with van der Waals surface area (Å²) in [6.07, 6.45) is 3.64. The van der Waals surface area contributed by atoms with Crippen LogP contribution in [-0.2, 0) is 9.59 Å². The average Bonchev–Trinajstić information content (AvgIpc) is 2.27. The molecule has 1 amide bonds. The number of nitrogens with zero attached hydrogens (tertiary/aromatic N) is 1. The summed E-state index contributed by atoms with van der Waals surface area (Å²) in [5, 5.41) is 8.64. The van der Waals surface area contributed by atoms with Gasteiger partial charge in [0.2, 0.25) is 5.91 Å². The summed E-state index contributed by atoms with van der Waals surface area (Å²) in [7, 11) is 0. The van der Waals surface area contributed by atoms with Gasteiger partial charge in [-0.25, -0.2) is 0 Å². The van der Waals surface area contributed by atoms with Gasteiger partial charge < -0.3 is 10.0 Å². The number of carbonyl (C=O) groups is 2. The molecule has 4 heteroatoms. The highest BCUT2D eigenvalue weighted by Gasteiger charge is 2.17. The average molecular weight is 241 g/mol. The molecule has 0 aliphatic heterocycles. The van der Waals surface area contributed by atoms with Crippen molar-refractivity contribution in [3.8, 4) is 0 Å². The van der Waals surface area contributed by atoms with Crippen LogP contribution < -0.4 is 0 Å². The van der Waals surface area contributed by atoms with E-state index < -0.39 is 5.97 Å². The molecule has 0 aromatic heterocycles. The van der Waals surface area contributed by atoms with Crippen LogP contribution in [0, 0.1) is 0 Å². The highest BCUT2D eigenvalue weighted by atomic mass is 16.4. The number of amides is 1. The molecule has 0 bridgehead atoms. The Morgan fingerprint density at radius 1 is 1.12 bits per heavy atom. The third kappa shape index (κ3) is 6.76. The quantitative estimate of drug-likeness (QED) is 0.631. The van der Waals surface area contributed by atoms with Gasteiger partial charge in [-0.15, -0.1) is 0 Å². The first-order valence-corrected chi connectivity index (χ1v) is 6.21. The Hall–Kier alpha value is -1.32. The fraction of sp³-hybridized carbons (Fsp3) is 0.692. The summed E-state index contributed by atoms with van der Waals surface area (Å²) in [5.74, 6) is -1.22. The number of hydrogen-bond donors (Lipinski definition) is 1. The van der Waals surface area contributed by atoms with Crippen molar-refractivity contribution >= 4 is 11.9 Å². The van der Waals surface area contributed by atoms with Crippen molar-refractivity contribution in [2.45, 2.75) is 46.0 Å². The van der Waals surface area contributed by atoms with Gasteiger partial charge in [0.1, 0.15) is 0 Å². The number of hydrogen-bond acceptors (Lipinski definition) is 2. The van der Waals surface area contributed by atoms with E-state index in [0.717, 1.165) is 25.7 Å². The summed E-state index contributed by atoms with van der Waals surface area (Å²) in [6.45, 7) is 9.06. The molecule has 0 unspecified atom stereocenters. The van der Waals surface area contributed by atoms with Crippen molar-refractivity contribution in [2.75, 3.05) is 13.1 Å². The molecule has 0 heterocycles. The number of rotatable bonds is 9. The summed E-state index contributed by atoms with van der Waals surface area (Å²) in [4.78, 5) is 24.2. The second-order valence-corrected chi connectivity index (χ2v) is 4.17. The van der Waals surface area contributed by atoms with Gasteiger partial charge in [-0.05, 0) is 12.8 Å². The van der Waals surface area contributed by atoms with Crippen LogP contribution in [0.25, 0.3) is 0 Å². The molecule has 0 atom stereocenters. The molecule has 0 aliphatic rings. The first-order chi connectivity index (χ1) is 8.02. The molecule has 0 aliphatic carbocycles. The third-order valence-corrected chi connectivity index (χ3v) is 2.52. The van der Waals surface area contributed by atoms with Gasteiger partial charge in [-0.3, -0.25) is 9.59 Å². The van der Waals surface area contributed by atoms with Crippen molar-refractivity contribution in [1.29, 1.82) is 0 Å². The number of unbranched alkanes of at least 4 members (excludes halogenated alkanes) is 2. The standard InChI is InChI=1S/C13H23NO3/c1-4-6-8-14(9-7-5-2)13(17)11(3)10-12(15)16/h3-10H2,1-2H3,(H,15,16). The largest absolute Gasteiger partial charge is 0.481 e. The normalized spacial score (nSPS) is 10.0. The van der Waals surface area contributed by atoms with Gasteiger partial charge in [0.25, 0.3) is 0 Å². The second kappa shape index (κ2) is 8.79. The number of aliphatic carboxylic acids is 1. The lowest BCUT2D eigenvalue weighted by molar-refractivity contribution is -0.138. The summed E-state index contributed by atoms with van der Waals surface area (Å²) >= 11 is 0. The molecular formula is C13H23NO3. The molecular weight excluding hydrogens is 218 g/mol. The van der Waals surface area contributed by atoms with Crippen LogP contribution in [0.15, 0.2) is 12.2 Å². The maximum Gasteiger partial charge on any atom is 0.308 e. The Bertz CT molecular complexity index is 266. The van der Waals surface area contributed by atoms with Gasteiger partial charge in [0, 0.05) is 18.7 Å². The molecule has 0 aromatic rings. The SMILES string of the molecule is C=C(CC(=O)O)C(=O)N(CCCC)CCCC. The molecule has 0 aromatic carbocycles. The van der Waals surface area contributed by atoms with Gasteiger partial charge in [0.05, 0.1) is 6.42 Å². The minimum absolute atomic E-state index is 0.171. The van der Waals surface area contributed by atoms with E-state index in [1.54, 1.807) is 4.90 Å². The van der Waals surface area contributed by atoms with Crippen LogP contribution in [0.4, 0.5) is 0 Å². The lowest BCUT2D eigenvalue weighted by Crippen LogP contribution is -2.34. The third-order valence-electron chi connectivity index (χ3n) is 2.52. The van der Waals surface area contributed by atoms with E-state index in [2.05, 4.69) is 20.4 Å². The lowest BCUT2D eigenvalue weighted by Gasteiger charge is -2.23. The predicted molar refractivity (Wildman–Crippen MR) is 67.8 cm³/mol. The Labute approximate surface area is 103 Å². The Morgan fingerprint density at radius 3 is 1.94 bits per heavy atom. The van der Waals surface area contributed by atoms with Gasteiger partial charge >= 0.3 is 5.97 Å². The Morgan fingerprint density at radius 2 is 1.59 bits per heavy atom. The highest BCUT2D eigenvalue weighted by molar-refractivity contribution is 5.96. The summed E-state index contributed by atoms with van der Waals surface area (Å²) < 4.78 is 0. The molecule has 0 radical (unpaired) electrons. The minimum atomic E-state index is -1.01. The van der Waals surface area contributed by atoms with Crippen LogP contribution >= 0.6 is 0 Å². The van der Waals surface area contributed by atoms with Crippen molar-refractivity contribution < 1.29 is 14.7 Å². The van der Waals surface area contributed by atoms with Gasteiger partial charge in [0.15, 0.2) is 0 Å².